The number of halogens is 3. The Balaban J connectivity index is 1.13. The Morgan fingerprint density at radius 2 is 1.33 bits per heavy atom. The van der Waals surface area contributed by atoms with Gasteiger partial charge in [0.15, 0.2) is 0 Å². The Hall–Kier alpha value is -4.00. The van der Waals surface area contributed by atoms with E-state index in [2.05, 4.69) is 23.5 Å². The molecular formula is C33H33F3O6. The number of esters is 1. The summed E-state index contributed by atoms with van der Waals surface area (Å²) in [6, 6.07) is 18.7. The normalized spacial score (nSPS) is 13.8. The predicted octanol–water partition coefficient (Wildman–Crippen LogP) is 7.20. The van der Waals surface area contributed by atoms with E-state index >= 15 is 0 Å². The molecule has 0 bridgehead atoms. The van der Waals surface area contributed by atoms with Crippen LogP contribution in [0.1, 0.15) is 54.1 Å². The van der Waals surface area contributed by atoms with Gasteiger partial charge in [-0.15, -0.1) is 13.2 Å². The molecular weight excluding hydrogens is 549 g/mol. The fourth-order valence-electron chi connectivity index (χ4n) is 4.05. The fourth-order valence-corrected chi connectivity index (χ4v) is 4.05. The quantitative estimate of drug-likeness (QED) is 0.0920. The lowest BCUT2D eigenvalue weighted by molar-refractivity contribution is -0.274. The zero-order valence-electron chi connectivity index (χ0n) is 23.4. The van der Waals surface area contributed by atoms with Gasteiger partial charge in [-0.05, 0) is 92.1 Å². The number of alkyl halides is 3. The summed E-state index contributed by atoms with van der Waals surface area (Å²) >= 11 is 0. The molecule has 3 aromatic rings. The molecule has 222 valence electrons. The first kappa shape index (κ1) is 30.9. The van der Waals surface area contributed by atoms with Crippen LogP contribution >= 0.6 is 0 Å². The van der Waals surface area contributed by atoms with Crippen molar-refractivity contribution in [3.63, 3.8) is 0 Å². The summed E-state index contributed by atoms with van der Waals surface area (Å²) in [7, 11) is 0. The minimum absolute atomic E-state index is 0.200. The van der Waals surface area contributed by atoms with Crippen molar-refractivity contribution in [1.29, 1.82) is 0 Å². The maximum absolute atomic E-state index is 12.5. The largest absolute Gasteiger partial charge is 0.573 e. The molecule has 0 atom stereocenters. The number of ether oxygens (including phenoxy) is 5. The van der Waals surface area contributed by atoms with E-state index in [1.54, 1.807) is 48.5 Å². The highest BCUT2D eigenvalue weighted by Crippen LogP contribution is 2.26. The smallest absolute Gasteiger partial charge is 0.494 e. The molecule has 9 heteroatoms. The minimum Gasteiger partial charge on any atom is -0.494 e. The van der Waals surface area contributed by atoms with Crippen LogP contribution < -0.4 is 14.2 Å². The summed E-state index contributed by atoms with van der Waals surface area (Å²) in [4.78, 5) is 12.5. The van der Waals surface area contributed by atoms with Crippen LogP contribution in [0.4, 0.5) is 13.2 Å². The Bertz CT molecular complexity index is 1340. The molecule has 42 heavy (non-hydrogen) atoms. The van der Waals surface area contributed by atoms with Gasteiger partial charge in [-0.2, -0.15) is 0 Å². The number of hydrogen-bond donors (Lipinski definition) is 0. The molecule has 4 rings (SSSR count). The Morgan fingerprint density at radius 1 is 0.786 bits per heavy atom. The summed E-state index contributed by atoms with van der Waals surface area (Å²) in [6.45, 7) is 5.90. The third-order valence-electron chi connectivity index (χ3n) is 6.40. The van der Waals surface area contributed by atoms with Crippen molar-refractivity contribution in [3.8, 4) is 29.1 Å². The van der Waals surface area contributed by atoms with Crippen molar-refractivity contribution < 1.29 is 41.7 Å². The van der Waals surface area contributed by atoms with Crippen molar-refractivity contribution in [1.82, 2.24) is 0 Å². The number of benzene rings is 3. The lowest BCUT2D eigenvalue weighted by Gasteiger charge is -2.37. The van der Waals surface area contributed by atoms with Crippen LogP contribution in [0.15, 0.2) is 72.8 Å². The van der Waals surface area contributed by atoms with Crippen LogP contribution in [-0.2, 0) is 9.47 Å². The molecule has 3 aromatic carbocycles. The van der Waals surface area contributed by atoms with Crippen LogP contribution in [0.3, 0.4) is 0 Å². The lowest BCUT2D eigenvalue weighted by atomic mass is 9.90. The summed E-state index contributed by atoms with van der Waals surface area (Å²) in [6.07, 6.45) is -0.611. The topological polar surface area (TPSA) is 63.2 Å². The van der Waals surface area contributed by atoms with E-state index in [0.29, 0.717) is 34.8 Å². The predicted molar refractivity (Wildman–Crippen MR) is 151 cm³/mol. The molecule has 1 aliphatic rings. The van der Waals surface area contributed by atoms with Crippen LogP contribution in [0.2, 0.25) is 0 Å². The summed E-state index contributed by atoms with van der Waals surface area (Å²) in [5.41, 5.74) is 1.77. The molecule has 1 fully saturated rings. The molecule has 0 aliphatic carbocycles. The lowest BCUT2D eigenvalue weighted by Crippen LogP contribution is -2.43. The highest BCUT2D eigenvalue weighted by Gasteiger charge is 2.33. The number of rotatable bonds is 13. The number of unbranched alkanes of at least 4 members (excludes halogenated alkanes) is 3. The van der Waals surface area contributed by atoms with Crippen molar-refractivity contribution in [2.24, 2.45) is 5.41 Å². The fraction of sp³-hybridized carbons (Fsp3) is 0.364. The van der Waals surface area contributed by atoms with E-state index in [-0.39, 0.29) is 11.2 Å². The number of carbonyl (C=O) groups is 1. The van der Waals surface area contributed by atoms with Gasteiger partial charge in [-0.1, -0.05) is 25.2 Å². The second-order valence-corrected chi connectivity index (χ2v) is 10.4. The zero-order valence-corrected chi connectivity index (χ0v) is 23.4. The first-order chi connectivity index (χ1) is 20.2. The molecule has 1 heterocycles. The first-order valence-electron chi connectivity index (χ1n) is 13.8. The highest BCUT2D eigenvalue weighted by molar-refractivity contribution is 5.91. The molecule has 1 saturated heterocycles. The van der Waals surface area contributed by atoms with Gasteiger partial charge in [0.05, 0.1) is 32.0 Å². The average Bonchev–Trinajstić information content (AvgIpc) is 2.95. The summed E-state index contributed by atoms with van der Waals surface area (Å²) < 4.78 is 62.9. The van der Waals surface area contributed by atoms with Gasteiger partial charge in [0.2, 0.25) is 0 Å². The van der Waals surface area contributed by atoms with Crippen LogP contribution in [0.25, 0.3) is 0 Å². The van der Waals surface area contributed by atoms with Gasteiger partial charge >= 0.3 is 12.3 Å². The minimum atomic E-state index is -4.74. The Kier molecular flexibility index (Phi) is 10.9. The zero-order chi connectivity index (χ0) is 29.8. The summed E-state index contributed by atoms with van der Waals surface area (Å²) in [5, 5.41) is 0. The monoisotopic (exact) mass is 582 g/mol. The van der Waals surface area contributed by atoms with Crippen molar-refractivity contribution in [2.45, 2.75) is 39.0 Å². The average molecular weight is 583 g/mol. The Morgan fingerprint density at radius 3 is 1.88 bits per heavy atom. The maximum atomic E-state index is 12.5. The van der Waals surface area contributed by atoms with Crippen molar-refractivity contribution in [2.75, 3.05) is 33.0 Å². The van der Waals surface area contributed by atoms with Gasteiger partial charge in [-0.3, -0.25) is 0 Å². The standard InChI is InChI=1S/C33H33F3O6/c1-32(23-39-24-32)22-38-20-4-2-3-5-21-40-28-18-12-27(13-19-28)31(37)41-29-14-8-25(9-15-29)6-7-26-10-16-30(17-11-26)42-33(34,35)36/h8-19H,2-5,20-24H2,1H3. The van der Waals surface area contributed by atoms with Crippen LogP contribution in [0.5, 0.6) is 17.2 Å². The maximum Gasteiger partial charge on any atom is 0.573 e. The van der Waals surface area contributed by atoms with E-state index in [1.807, 2.05) is 0 Å². The van der Waals surface area contributed by atoms with Crippen molar-refractivity contribution in [3.05, 3.63) is 89.5 Å². The third kappa shape index (κ3) is 10.4. The van der Waals surface area contributed by atoms with E-state index in [4.69, 9.17) is 18.9 Å². The van der Waals surface area contributed by atoms with Gasteiger partial charge in [-0.25, -0.2) is 4.79 Å². The number of carbonyl (C=O) groups excluding carboxylic acids is 1. The van der Waals surface area contributed by atoms with E-state index in [9.17, 15) is 18.0 Å². The van der Waals surface area contributed by atoms with Gasteiger partial charge in [0.1, 0.15) is 17.2 Å². The molecule has 1 aliphatic heterocycles. The SMILES string of the molecule is CC1(COCCCCCCOc2ccc(C(=O)Oc3ccc(C#Cc4ccc(OC(F)(F)F)cc4)cc3)cc2)COC1. The molecule has 0 unspecified atom stereocenters. The summed E-state index contributed by atoms with van der Waals surface area (Å²) in [5.74, 6) is 6.02. The van der Waals surface area contributed by atoms with Gasteiger partial charge < -0.3 is 23.7 Å². The molecule has 0 radical (unpaired) electrons. The molecule has 0 saturated carbocycles. The first-order valence-corrected chi connectivity index (χ1v) is 13.8. The van der Waals surface area contributed by atoms with E-state index in [1.165, 1.54) is 24.3 Å². The molecule has 0 N–H and O–H groups in total. The molecule has 6 nitrogen and oxygen atoms in total. The Labute approximate surface area is 243 Å². The van der Waals surface area contributed by atoms with Gasteiger partial charge in [0, 0.05) is 23.1 Å². The second kappa shape index (κ2) is 14.8. The van der Waals surface area contributed by atoms with Crippen molar-refractivity contribution >= 4 is 5.97 Å². The molecule has 0 spiro atoms. The van der Waals surface area contributed by atoms with Crippen LogP contribution in [0, 0.1) is 17.3 Å². The second-order valence-electron chi connectivity index (χ2n) is 10.4. The van der Waals surface area contributed by atoms with Gasteiger partial charge in [0.25, 0.3) is 0 Å². The van der Waals surface area contributed by atoms with E-state index < -0.39 is 12.3 Å². The molecule has 0 amide bonds. The van der Waals surface area contributed by atoms with E-state index in [0.717, 1.165) is 52.1 Å². The van der Waals surface area contributed by atoms with Crippen LogP contribution in [-0.4, -0.2) is 45.4 Å². The number of hydrogen-bond acceptors (Lipinski definition) is 6. The molecule has 0 aromatic heterocycles. The highest BCUT2D eigenvalue weighted by atomic mass is 19.4. The third-order valence-corrected chi connectivity index (χ3v) is 6.40.